The molecule has 2 aromatic carbocycles. The standard InChI is InChI=1S/C18H17NO2/c1-3-4-16-11-17(20-2)9-10-18(16)21-13-15-7-5-14(12-19)6-8-15/h3,5-11H,1,4,13H2,2H3. The first-order valence-electron chi connectivity index (χ1n) is 6.66. The highest BCUT2D eigenvalue weighted by molar-refractivity contribution is 5.41. The van der Waals surface area contributed by atoms with E-state index in [1.165, 1.54) is 0 Å². The van der Waals surface area contributed by atoms with Crippen molar-refractivity contribution in [1.29, 1.82) is 5.26 Å². The molecule has 0 spiro atoms. The van der Waals surface area contributed by atoms with E-state index in [4.69, 9.17) is 14.7 Å². The van der Waals surface area contributed by atoms with E-state index >= 15 is 0 Å². The third kappa shape index (κ3) is 3.87. The van der Waals surface area contributed by atoms with Gasteiger partial charge >= 0.3 is 0 Å². The minimum absolute atomic E-state index is 0.460. The van der Waals surface area contributed by atoms with Gasteiger partial charge in [-0.05, 0) is 42.3 Å². The first kappa shape index (κ1) is 14.7. The molecule has 2 aromatic rings. The third-order valence-corrected chi connectivity index (χ3v) is 3.11. The van der Waals surface area contributed by atoms with Crippen LogP contribution in [-0.2, 0) is 13.0 Å². The molecule has 0 fully saturated rings. The molecule has 0 saturated heterocycles. The fourth-order valence-corrected chi connectivity index (χ4v) is 1.98. The van der Waals surface area contributed by atoms with Crippen molar-refractivity contribution in [2.24, 2.45) is 0 Å². The van der Waals surface area contributed by atoms with Gasteiger partial charge in [0.15, 0.2) is 0 Å². The average Bonchev–Trinajstić information content (AvgIpc) is 2.54. The van der Waals surface area contributed by atoms with Gasteiger partial charge in [-0.1, -0.05) is 18.2 Å². The molecule has 0 aliphatic heterocycles. The zero-order chi connectivity index (χ0) is 15.1. The van der Waals surface area contributed by atoms with Gasteiger partial charge in [0.05, 0.1) is 18.7 Å². The quantitative estimate of drug-likeness (QED) is 0.754. The van der Waals surface area contributed by atoms with Crippen LogP contribution in [0.3, 0.4) is 0 Å². The summed E-state index contributed by atoms with van der Waals surface area (Å²) in [5.74, 6) is 1.62. The van der Waals surface area contributed by atoms with Gasteiger partial charge in [0.25, 0.3) is 0 Å². The Bertz CT molecular complexity index is 654. The SMILES string of the molecule is C=CCc1cc(OC)ccc1OCc1ccc(C#N)cc1. The molecular formula is C18H17NO2. The Hall–Kier alpha value is -2.73. The van der Waals surface area contributed by atoms with Crippen molar-refractivity contribution >= 4 is 0 Å². The van der Waals surface area contributed by atoms with E-state index in [-0.39, 0.29) is 0 Å². The fourth-order valence-electron chi connectivity index (χ4n) is 1.98. The van der Waals surface area contributed by atoms with Crippen LogP contribution in [-0.4, -0.2) is 7.11 Å². The molecule has 0 aromatic heterocycles. The van der Waals surface area contributed by atoms with Crippen LogP contribution in [0.25, 0.3) is 0 Å². The van der Waals surface area contributed by atoms with Gasteiger partial charge in [-0.2, -0.15) is 5.26 Å². The Morgan fingerprint density at radius 1 is 1.19 bits per heavy atom. The lowest BCUT2D eigenvalue weighted by Crippen LogP contribution is -1.99. The van der Waals surface area contributed by atoms with E-state index in [1.54, 1.807) is 19.2 Å². The summed E-state index contributed by atoms with van der Waals surface area (Å²) in [5, 5.41) is 8.78. The number of ether oxygens (including phenoxy) is 2. The zero-order valence-electron chi connectivity index (χ0n) is 12.0. The van der Waals surface area contributed by atoms with Gasteiger partial charge < -0.3 is 9.47 Å². The second-order valence-corrected chi connectivity index (χ2v) is 4.56. The fraction of sp³-hybridized carbons (Fsp3) is 0.167. The summed E-state index contributed by atoms with van der Waals surface area (Å²) >= 11 is 0. The van der Waals surface area contributed by atoms with Gasteiger partial charge in [-0.25, -0.2) is 0 Å². The lowest BCUT2D eigenvalue weighted by molar-refractivity contribution is 0.302. The Balaban J connectivity index is 2.11. The predicted molar refractivity (Wildman–Crippen MR) is 82.4 cm³/mol. The maximum absolute atomic E-state index is 8.78. The molecule has 106 valence electrons. The van der Waals surface area contributed by atoms with Gasteiger partial charge in [-0.3, -0.25) is 0 Å². The summed E-state index contributed by atoms with van der Waals surface area (Å²) in [5.41, 5.74) is 2.71. The molecule has 0 aliphatic carbocycles. The number of hydrogen-bond acceptors (Lipinski definition) is 3. The number of nitrogens with zero attached hydrogens (tertiary/aromatic N) is 1. The molecule has 3 heteroatoms. The molecule has 0 N–H and O–H groups in total. The maximum atomic E-state index is 8.78. The summed E-state index contributed by atoms with van der Waals surface area (Å²) in [7, 11) is 1.64. The number of hydrogen-bond donors (Lipinski definition) is 0. The largest absolute Gasteiger partial charge is 0.497 e. The van der Waals surface area contributed by atoms with Crippen LogP contribution >= 0.6 is 0 Å². The van der Waals surface area contributed by atoms with Crippen LogP contribution in [0, 0.1) is 11.3 Å². The highest BCUT2D eigenvalue weighted by Gasteiger charge is 2.05. The van der Waals surface area contributed by atoms with Gasteiger partial charge in [0, 0.05) is 5.56 Å². The molecule has 0 atom stereocenters. The smallest absolute Gasteiger partial charge is 0.123 e. The van der Waals surface area contributed by atoms with E-state index in [0.29, 0.717) is 12.2 Å². The maximum Gasteiger partial charge on any atom is 0.123 e. The minimum atomic E-state index is 0.460. The van der Waals surface area contributed by atoms with Crippen LogP contribution in [0.15, 0.2) is 55.1 Å². The minimum Gasteiger partial charge on any atom is -0.497 e. The molecule has 0 unspecified atom stereocenters. The van der Waals surface area contributed by atoms with Crippen molar-refractivity contribution in [3.05, 3.63) is 71.8 Å². The van der Waals surface area contributed by atoms with Crippen LogP contribution in [0.2, 0.25) is 0 Å². The number of allylic oxidation sites excluding steroid dienone is 1. The first-order valence-corrected chi connectivity index (χ1v) is 6.66. The Morgan fingerprint density at radius 3 is 2.57 bits per heavy atom. The monoisotopic (exact) mass is 279 g/mol. The highest BCUT2D eigenvalue weighted by atomic mass is 16.5. The molecule has 0 amide bonds. The summed E-state index contributed by atoms with van der Waals surface area (Å²) in [4.78, 5) is 0. The average molecular weight is 279 g/mol. The Kier molecular flexibility index (Phi) is 5.00. The van der Waals surface area contributed by atoms with Crippen molar-refractivity contribution in [3.63, 3.8) is 0 Å². The lowest BCUT2D eigenvalue weighted by Gasteiger charge is -2.12. The molecule has 0 radical (unpaired) electrons. The van der Waals surface area contributed by atoms with Gasteiger partial charge in [0.2, 0.25) is 0 Å². The zero-order valence-corrected chi connectivity index (χ0v) is 12.0. The topological polar surface area (TPSA) is 42.2 Å². The predicted octanol–water partition coefficient (Wildman–Crippen LogP) is 3.87. The molecule has 0 heterocycles. The van der Waals surface area contributed by atoms with Crippen molar-refractivity contribution in [3.8, 4) is 17.6 Å². The molecular weight excluding hydrogens is 262 g/mol. The Morgan fingerprint density at radius 2 is 1.95 bits per heavy atom. The Labute approximate surface area is 125 Å². The molecule has 3 nitrogen and oxygen atoms in total. The molecule has 0 saturated carbocycles. The lowest BCUT2D eigenvalue weighted by atomic mass is 10.1. The van der Waals surface area contributed by atoms with Crippen molar-refractivity contribution < 1.29 is 9.47 Å². The van der Waals surface area contributed by atoms with E-state index < -0.39 is 0 Å². The highest BCUT2D eigenvalue weighted by Crippen LogP contribution is 2.25. The van der Waals surface area contributed by atoms with Crippen LogP contribution < -0.4 is 9.47 Å². The normalized spacial score (nSPS) is 9.71. The van der Waals surface area contributed by atoms with Crippen molar-refractivity contribution in [2.45, 2.75) is 13.0 Å². The molecule has 2 rings (SSSR count). The first-order chi connectivity index (χ1) is 10.3. The second-order valence-electron chi connectivity index (χ2n) is 4.56. The summed E-state index contributed by atoms with van der Waals surface area (Å²) < 4.78 is 11.1. The summed E-state index contributed by atoms with van der Waals surface area (Å²) in [6.07, 6.45) is 2.56. The number of nitriles is 1. The number of benzene rings is 2. The number of rotatable bonds is 6. The van der Waals surface area contributed by atoms with Crippen LogP contribution in [0.1, 0.15) is 16.7 Å². The van der Waals surface area contributed by atoms with E-state index in [9.17, 15) is 0 Å². The second kappa shape index (κ2) is 7.16. The summed E-state index contributed by atoms with van der Waals surface area (Å²) in [6.45, 7) is 4.22. The van der Waals surface area contributed by atoms with E-state index in [2.05, 4.69) is 12.6 Å². The van der Waals surface area contributed by atoms with Gasteiger partial charge in [-0.15, -0.1) is 6.58 Å². The van der Waals surface area contributed by atoms with Gasteiger partial charge in [0.1, 0.15) is 18.1 Å². The van der Waals surface area contributed by atoms with E-state index in [1.807, 2.05) is 36.4 Å². The summed E-state index contributed by atoms with van der Waals surface area (Å²) in [6, 6.07) is 15.2. The van der Waals surface area contributed by atoms with Crippen molar-refractivity contribution in [2.75, 3.05) is 7.11 Å². The molecule has 0 bridgehead atoms. The van der Waals surface area contributed by atoms with Crippen LogP contribution in [0.5, 0.6) is 11.5 Å². The molecule has 21 heavy (non-hydrogen) atoms. The number of methoxy groups -OCH3 is 1. The van der Waals surface area contributed by atoms with Crippen LogP contribution in [0.4, 0.5) is 0 Å². The van der Waals surface area contributed by atoms with E-state index in [0.717, 1.165) is 29.0 Å². The molecule has 0 aliphatic rings. The van der Waals surface area contributed by atoms with Crippen molar-refractivity contribution in [1.82, 2.24) is 0 Å². The third-order valence-electron chi connectivity index (χ3n) is 3.11.